The first-order chi connectivity index (χ1) is 14.1. The van der Waals surface area contributed by atoms with Gasteiger partial charge in [-0.25, -0.2) is 4.39 Å². The number of halogens is 1. The van der Waals surface area contributed by atoms with Gasteiger partial charge in [0.15, 0.2) is 6.04 Å². The number of anilines is 1. The first-order valence-corrected chi connectivity index (χ1v) is 10.3. The second-order valence-electron chi connectivity index (χ2n) is 7.91. The Hall–Kier alpha value is -2.76. The van der Waals surface area contributed by atoms with Gasteiger partial charge in [0.25, 0.3) is 5.91 Å². The minimum absolute atomic E-state index is 0.123. The van der Waals surface area contributed by atoms with E-state index in [2.05, 4.69) is 47.8 Å². The normalized spacial score (nSPS) is 20.3. The Bertz CT molecular complexity index is 993. The lowest BCUT2D eigenvalue weighted by atomic mass is 10.0. The molecule has 0 bridgehead atoms. The van der Waals surface area contributed by atoms with Crippen LogP contribution in [0.25, 0.3) is 10.8 Å². The van der Waals surface area contributed by atoms with Crippen molar-refractivity contribution in [3.05, 3.63) is 78.1 Å². The number of nitrogens with one attached hydrogen (secondary N) is 3. The first kappa shape index (κ1) is 19.6. The number of quaternary nitrogens is 2. The number of amides is 1. The van der Waals surface area contributed by atoms with Gasteiger partial charge in [0.1, 0.15) is 38.5 Å². The summed E-state index contributed by atoms with van der Waals surface area (Å²) in [5.41, 5.74) is 1.64. The summed E-state index contributed by atoms with van der Waals surface area (Å²) in [6.07, 6.45) is 0. The summed E-state index contributed by atoms with van der Waals surface area (Å²) in [4.78, 5) is 15.4. The van der Waals surface area contributed by atoms with Crippen LogP contribution in [0.15, 0.2) is 66.7 Å². The number of para-hydroxylation sites is 1. The molecule has 0 saturated carbocycles. The van der Waals surface area contributed by atoms with Crippen LogP contribution in [0, 0.1) is 5.82 Å². The molecule has 1 aliphatic rings. The van der Waals surface area contributed by atoms with E-state index in [1.807, 2.05) is 6.92 Å². The highest BCUT2D eigenvalue weighted by atomic mass is 19.1. The Morgan fingerprint density at radius 1 is 0.966 bits per heavy atom. The molecule has 0 spiro atoms. The van der Waals surface area contributed by atoms with Gasteiger partial charge in [0.2, 0.25) is 0 Å². The van der Waals surface area contributed by atoms with Crippen LogP contribution in [0.2, 0.25) is 0 Å². The van der Waals surface area contributed by atoms with E-state index in [1.165, 1.54) is 27.3 Å². The van der Waals surface area contributed by atoms with Gasteiger partial charge in [-0.3, -0.25) is 4.79 Å². The molecule has 0 unspecified atom stereocenters. The Balaban J connectivity index is 1.34. The predicted molar refractivity (Wildman–Crippen MR) is 114 cm³/mol. The zero-order valence-corrected chi connectivity index (χ0v) is 16.7. The van der Waals surface area contributed by atoms with Crippen molar-refractivity contribution in [1.82, 2.24) is 0 Å². The van der Waals surface area contributed by atoms with Crippen molar-refractivity contribution in [1.29, 1.82) is 0 Å². The van der Waals surface area contributed by atoms with E-state index in [0.717, 1.165) is 32.7 Å². The summed E-state index contributed by atoms with van der Waals surface area (Å²) in [7, 11) is 0. The number of rotatable bonds is 5. The van der Waals surface area contributed by atoms with Crippen molar-refractivity contribution < 1.29 is 19.0 Å². The van der Waals surface area contributed by atoms with Crippen molar-refractivity contribution in [3.63, 3.8) is 0 Å². The molecular weight excluding hydrogens is 365 g/mol. The maximum absolute atomic E-state index is 13.8. The molecule has 1 amide bonds. The first-order valence-electron chi connectivity index (χ1n) is 10.3. The van der Waals surface area contributed by atoms with E-state index in [4.69, 9.17) is 0 Å². The Labute approximate surface area is 170 Å². The lowest BCUT2D eigenvalue weighted by Gasteiger charge is -2.32. The van der Waals surface area contributed by atoms with Gasteiger partial charge in [0.05, 0.1) is 5.69 Å². The maximum Gasteiger partial charge on any atom is 0.282 e. The lowest BCUT2D eigenvalue weighted by molar-refractivity contribution is -1.02. The van der Waals surface area contributed by atoms with E-state index in [-0.39, 0.29) is 17.6 Å². The fourth-order valence-electron chi connectivity index (χ4n) is 4.24. The predicted octanol–water partition coefficient (Wildman–Crippen LogP) is 1.29. The van der Waals surface area contributed by atoms with Gasteiger partial charge in [-0.15, -0.1) is 0 Å². The van der Waals surface area contributed by atoms with Crippen LogP contribution in [-0.4, -0.2) is 38.1 Å². The van der Waals surface area contributed by atoms with E-state index in [0.29, 0.717) is 0 Å². The highest BCUT2D eigenvalue weighted by molar-refractivity contribution is 5.93. The van der Waals surface area contributed by atoms with Crippen molar-refractivity contribution in [2.75, 3.05) is 31.5 Å². The highest BCUT2D eigenvalue weighted by Crippen LogP contribution is 2.17. The number of carbonyl (C=O) groups is 1. The molecule has 3 N–H and O–H groups in total. The Morgan fingerprint density at radius 3 is 2.45 bits per heavy atom. The zero-order chi connectivity index (χ0) is 20.2. The fraction of sp³-hybridized carbons (Fsp3) is 0.292. The van der Waals surface area contributed by atoms with Gasteiger partial charge in [-0.2, -0.15) is 0 Å². The van der Waals surface area contributed by atoms with Crippen LogP contribution in [0.4, 0.5) is 10.1 Å². The van der Waals surface area contributed by atoms with E-state index in [1.54, 1.807) is 23.1 Å². The molecule has 1 saturated heterocycles. The zero-order valence-electron chi connectivity index (χ0n) is 16.7. The van der Waals surface area contributed by atoms with E-state index in [9.17, 15) is 9.18 Å². The van der Waals surface area contributed by atoms with Gasteiger partial charge < -0.3 is 15.1 Å². The van der Waals surface area contributed by atoms with Crippen LogP contribution in [0.5, 0.6) is 0 Å². The van der Waals surface area contributed by atoms with Crippen LogP contribution in [0.3, 0.4) is 0 Å². The molecule has 1 atom stereocenters. The average Bonchev–Trinajstić information content (AvgIpc) is 2.75. The Kier molecular flexibility index (Phi) is 5.88. The molecule has 0 aromatic heterocycles. The van der Waals surface area contributed by atoms with Crippen LogP contribution < -0.4 is 15.1 Å². The summed E-state index contributed by atoms with van der Waals surface area (Å²) in [6, 6.07) is 21.2. The number of carbonyl (C=O) groups excluding carboxylic acids is 1. The molecule has 3 aromatic carbocycles. The van der Waals surface area contributed by atoms with Crippen LogP contribution in [0.1, 0.15) is 12.5 Å². The van der Waals surface area contributed by atoms with E-state index < -0.39 is 5.82 Å². The van der Waals surface area contributed by atoms with Gasteiger partial charge in [-0.1, -0.05) is 54.6 Å². The quantitative estimate of drug-likeness (QED) is 0.601. The monoisotopic (exact) mass is 393 g/mol. The lowest BCUT2D eigenvalue weighted by Crippen LogP contribution is -3.29. The minimum atomic E-state index is -0.396. The summed E-state index contributed by atoms with van der Waals surface area (Å²) < 4.78 is 13.8. The van der Waals surface area contributed by atoms with E-state index >= 15 is 0 Å². The summed E-state index contributed by atoms with van der Waals surface area (Å²) in [5.74, 6) is -0.519. The van der Waals surface area contributed by atoms with Crippen molar-refractivity contribution in [2.24, 2.45) is 0 Å². The molecule has 150 valence electrons. The molecule has 0 aliphatic carbocycles. The molecule has 4 nitrogen and oxygen atoms in total. The third kappa shape index (κ3) is 4.47. The fourth-order valence-corrected chi connectivity index (χ4v) is 4.24. The van der Waals surface area contributed by atoms with Crippen LogP contribution >= 0.6 is 0 Å². The molecule has 3 aromatic rings. The van der Waals surface area contributed by atoms with Gasteiger partial charge in [0, 0.05) is 5.56 Å². The average molecular weight is 394 g/mol. The molecule has 4 rings (SSSR count). The molecule has 1 aliphatic heterocycles. The third-order valence-electron chi connectivity index (χ3n) is 6.06. The van der Waals surface area contributed by atoms with Crippen molar-refractivity contribution in [3.8, 4) is 0 Å². The Morgan fingerprint density at radius 2 is 1.66 bits per heavy atom. The molecular formula is C24H28FN3O+2. The molecule has 0 radical (unpaired) electrons. The van der Waals surface area contributed by atoms with Crippen molar-refractivity contribution in [2.45, 2.75) is 19.5 Å². The highest BCUT2D eigenvalue weighted by Gasteiger charge is 2.31. The number of piperazine rings is 1. The summed E-state index contributed by atoms with van der Waals surface area (Å²) in [6.45, 7) is 6.86. The maximum atomic E-state index is 13.8. The largest absolute Gasteiger partial charge is 0.322 e. The molecule has 5 heteroatoms. The standard InChI is InChI=1S/C24H26FN3O/c1-18(24(29)26-23-12-5-4-11-22(23)25)28-15-13-27(14-16-28)17-20-9-6-8-19-7-2-3-10-21(19)20/h2-12,18H,13-17H2,1H3,(H,26,29)/p+2/t18-/m1/s1. The van der Waals surface area contributed by atoms with Crippen molar-refractivity contribution >= 4 is 22.4 Å². The molecule has 1 heterocycles. The van der Waals surface area contributed by atoms with Crippen LogP contribution in [-0.2, 0) is 11.3 Å². The topological polar surface area (TPSA) is 38.0 Å². The second kappa shape index (κ2) is 8.72. The number of benzene rings is 3. The third-order valence-corrected chi connectivity index (χ3v) is 6.06. The molecule has 29 heavy (non-hydrogen) atoms. The summed E-state index contributed by atoms with van der Waals surface area (Å²) in [5, 5.41) is 5.35. The smallest absolute Gasteiger partial charge is 0.282 e. The SMILES string of the molecule is C[C@H](C(=O)Nc1ccccc1F)[NH+]1CC[NH+](Cc2cccc3ccccc23)CC1. The number of hydrogen-bond acceptors (Lipinski definition) is 1. The number of fused-ring (bicyclic) bond motifs is 1. The molecule has 1 fully saturated rings. The van der Waals surface area contributed by atoms with Gasteiger partial charge in [-0.05, 0) is 29.8 Å². The second-order valence-corrected chi connectivity index (χ2v) is 7.91. The summed E-state index contributed by atoms with van der Waals surface area (Å²) >= 11 is 0. The van der Waals surface area contributed by atoms with Gasteiger partial charge >= 0.3 is 0 Å². The minimum Gasteiger partial charge on any atom is -0.322 e. The number of hydrogen-bond donors (Lipinski definition) is 3.